The van der Waals surface area contributed by atoms with E-state index in [-0.39, 0.29) is 18.3 Å². The van der Waals surface area contributed by atoms with Gasteiger partial charge in [0, 0.05) is 61.5 Å². The summed E-state index contributed by atoms with van der Waals surface area (Å²) in [6.45, 7) is 3.80. The minimum atomic E-state index is -0.250. The van der Waals surface area contributed by atoms with Gasteiger partial charge in [0.05, 0.1) is 5.52 Å². The molecule has 4 rings (SSSR count). The molecular weight excluding hydrogens is 408 g/mol. The average molecular weight is 434 g/mol. The van der Waals surface area contributed by atoms with E-state index in [2.05, 4.69) is 4.98 Å². The lowest BCUT2D eigenvalue weighted by atomic mass is 9.99. The van der Waals surface area contributed by atoms with Gasteiger partial charge in [0.1, 0.15) is 0 Å². The normalized spacial score (nSPS) is 13.7. The number of amides is 2. The molecule has 0 bridgehead atoms. The molecular formula is C24H26N4O4. The van der Waals surface area contributed by atoms with Gasteiger partial charge in [-0.2, -0.15) is 0 Å². The standard InChI is InChI=1S/C23H24N4O2.CH2O2/c1-16(28)26-11-4-12-27(14-13-26)23(29)18-6-2-5-17(15-18)19-7-3-8-20-21(24)9-10-25-22(19)20;2-1-3/h2-3,5-10,15H,4,11-14H2,1H3,(H2,24,25);1H,(H,2,3). The Balaban J connectivity index is 0.000000913. The highest BCUT2D eigenvalue weighted by Gasteiger charge is 2.21. The quantitative estimate of drug-likeness (QED) is 0.599. The van der Waals surface area contributed by atoms with E-state index in [0.29, 0.717) is 37.4 Å². The van der Waals surface area contributed by atoms with Crippen LogP contribution in [0.5, 0.6) is 0 Å². The molecule has 0 radical (unpaired) electrons. The lowest BCUT2D eigenvalue weighted by Gasteiger charge is -2.21. The molecule has 1 aliphatic heterocycles. The molecule has 0 unspecified atom stereocenters. The van der Waals surface area contributed by atoms with Gasteiger partial charge in [-0.3, -0.25) is 19.4 Å². The summed E-state index contributed by atoms with van der Waals surface area (Å²) in [4.78, 5) is 41.3. The van der Waals surface area contributed by atoms with Crippen molar-refractivity contribution >= 4 is 34.9 Å². The van der Waals surface area contributed by atoms with Crippen molar-refractivity contribution < 1.29 is 19.5 Å². The number of aromatic nitrogens is 1. The third kappa shape index (κ3) is 5.03. The van der Waals surface area contributed by atoms with Crippen LogP contribution < -0.4 is 5.73 Å². The average Bonchev–Trinajstić information content (AvgIpc) is 3.06. The molecule has 3 aromatic rings. The van der Waals surface area contributed by atoms with Gasteiger partial charge in [0.2, 0.25) is 5.91 Å². The first kappa shape index (κ1) is 22.7. The van der Waals surface area contributed by atoms with Gasteiger partial charge in [-0.25, -0.2) is 0 Å². The molecule has 0 atom stereocenters. The molecule has 0 saturated carbocycles. The molecule has 166 valence electrons. The van der Waals surface area contributed by atoms with E-state index in [4.69, 9.17) is 15.6 Å². The molecule has 0 aliphatic carbocycles. The van der Waals surface area contributed by atoms with Crippen LogP contribution in [0.15, 0.2) is 54.7 Å². The maximum Gasteiger partial charge on any atom is 0.290 e. The van der Waals surface area contributed by atoms with Crippen LogP contribution in [0.25, 0.3) is 22.0 Å². The maximum atomic E-state index is 13.1. The van der Waals surface area contributed by atoms with Crippen molar-refractivity contribution in [1.29, 1.82) is 0 Å². The fraction of sp³-hybridized carbons (Fsp3) is 0.250. The Labute approximate surface area is 186 Å². The highest BCUT2D eigenvalue weighted by Crippen LogP contribution is 2.30. The van der Waals surface area contributed by atoms with E-state index < -0.39 is 0 Å². The molecule has 2 heterocycles. The van der Waals surface area contributed by atoms with E-state index in [9.17, 15) is 9.59 Å². The zero-order valence-corrected chi connectivity index (χ0v) is 17.9. The van der Waals surface area contributed by atoms with Gasteiger partial charge in [-0.15, -0.1) is 0 Å². The van der Waals surface area contributed by atoms with Gasteiger partial charge >= 0.3 is 0 Å². The largest absolute Gasteiger partial charge is 0.483 e. The molecule has 1 saturated heterocycles. The number of anilines is 1. The number of benzene rings is 2. The van der Waals surface area contributed by atoms with E-state index >= 15 is 0 Å². The zero-order chi connectivity index (χ0) is 23.1. The minimum Gasteiger partial charge on any atom is -0.483 e. The fourth-order valence-electron chi connectivity index (χ4n) is 3.87. The van der Waals surface area contributed by atoms with Gasteiger partial charge in [-0.05, 0) is 30.2 Å². The zero-order valence-electron chi connectivity index (χ0n) is 17.9. The third-order valence-corrected chi connectivity index (χ3v) is 5.45. The van der Waals surface area contributed by atoms with Crippen molar-refractivity contribution in [3.8, 4) is 11.1 Å². The van der Waals surface area contributed by atoms with Crippen LogP contribution in [0.4, 0.5) is 5.69 Å². The molecule has 8 heteroatoms. The number of hydrogen-bond donors (Lipinski definition) is 2. The number of fused-ring (bicyclic) bond motifs is 1. The monoisotopic (exact) mass is 434 g/mol. The Hall–Kier alpha value is -3.94. The third-order valence-electron chi connectivity index (χ3n) is 5.45. The number of nitrogens with zero attached hydrogens (tertiary/aromatic N) is 3. The highest BCUT2D eigenvalue weighted by molar-refractivity contribution is 6.01. The van der Waals surface area contributed by atoms with Crippen LogP contribution in [0.3, 0.4) is 0 Å². The summed E-state index contributed by atoms with van der Waals surface area (Å²) in [5.41, 5.74) is 10.1. The first-order chi connectivity index (χ1) is 15.5. The molecule has 1 aromatic heterocycles. The first-order valence-electron chi connectivity index (χ1n) is 10.3. The number of carboxylic acid groups (broad SMARTS) is 1. The van der Waals surface area contributed by atoms with E-state index in [1.807, 2.05) is 47.4 Å². The number of nitrogens with two attached hydrogens (primary N) is 1. The Morgan fingerprint density at radius 2 is 1.72 bits per heavy atom. The van der Waals surface area contributed by atoms with E-state index in [0.717, 1.165) is 28.5 Å². The van der Waals surface area contributed by atoms with Crippen molar-refractivity contribution in [2.24, 2.45) is 0 Å². The lowest BCUT2D eigenvalue weighted by molar-refractivity contribution is -0.128. The number of para-hydroxylation sites is 1. The number of carbonyl (C=O) groups excluding carboxylic acids is 2. The smallest absolute Gasteiger partial charge is 0.290 e. The summed E-state index contributed by atoms with van der Waals surface area (Å²) in [5, 5.41) is 7.79. The topological polar surface area (TPSA) is 117 Å². The van der Waals surface area contributed by atoms with E-state index in [1.54, 1.807) is 24.1 Å². The second-order valence-corrected chi connectivity index (χ2v) is 7.44. The minimum absolute atomic E-state index is 0.00929. The molecule has 8 nitrogen and oxygen atoms in total. The predicted octanol–water partition coefficient (Wildman–Crippen LogP) is 2.88. The second-order valence-electron chi connectivity index (χ2n) is 7.44. The van der Waals surface area contributed by atoms with E-state index in [1.165, 1.54) is 0 Å². The van der Waals surface area contributed by atoms with Crippen molar-refractivity contribution in [2.45, 2.75) is 13.3 Å². The fourth-order valence-corrected chi connectivity index (χ4v) is 3.87. The van der Waals surface area contributed by atoms with Crippen molar-refractivity contribution in [2.75, 3.05) is 31.9 Å². The van der Waals surface area contributed by atoms with Gasteiger partial charge < -0.3 is 20.6 Å². The SMILES string of the molecule is CC(=O)N1CCCN(C(=O)c2cccc(-c3cccc4c(N)ccnc34)c2)CC1.O=CO. The number of rotatable bonds is 2. The summed E-state index contributed by atoms with van der Waals surface area (Å²) in [7, 11) is 0. The summed E-state index contributed by atoms with van der Waals surface area (Å²) < 4.78 is 0. The van der Waals surface area contributed by atoms with Crippen LogP contribution in [0.1, 0.15) is 23.7 Å². The van der Waals surface area contributed by atoms with Crippen molar-refractivity contribution in [1.82, 2.24) is 14.8 Å². The molecule has 1 fully saturated rings. The van der Waals surface area contributed by atoms with Gasteiger partial charge in [0.25, 0.3) is 12.4 Å². The first-order valence-corrected chi connectivity index (χ1v) is 10.3. The Morgan fingerprint density at radius 1 is 1.03 bits per heavy atom. The van der Waals surface area contributed by atoms with Crippen molar-refractivity contribution in [3.05, 3.63) is 60.3 Å². The summed E-state index contributed by atoms with van der Waals surface area (Å²) in [6.07, 6.45) is 2.49. The molecule has 2 aromatic carbocycles. The van der Waals surface area contributed by atoms with Crippen molar-refractivity contribution in [3.63, 3.8) is 0 Å². The molecule has 3 N–H and O–H groups in total. The number of hydrogen-bond acceptors (Lipinski definition) is 5. The maximum absolute atomic E-state index is 13.1. The summed E-state index contributed by atoms with van der Waals surface area (Å²) in [6, 6.07) is 15.3. The Bertz CT molecular complexity index is 1130. The number of nitrogen functional groups attached to an aromatic ring is 1. The Morgan fingerprint density at radius 3 is 2.47 bits per heavy atom. The Kier molecular flexibility index (Phi) is 7.38. The molecule has 32 heavy (non-hydrogen) atoms. The van der Waals surface area contributed by atoms with Crippen LogP contribution in [0, 0.1) is 0 Å². The molecule has 1 aliphatic rings. The van der Waals surface area contributed by atoms with Crippen LogP contribution in [0.2, 0.25) is 0 Å². The molecule has 2 amide bonds. The van der Waals surface area contributed by atoms with Gasteiger partial charge in [-0.1, -0.05) is 30.3 Å². The molecule has 0 spiro atoms. The summed E-state index contributed by atoms with van der Waals surface area (Å²) >= 11 is 0. The number of pyridine rings is 1. The van der Waals surface area contributed by atoms with Crippen LogP contribution >= 0.6 is 0 Å². The summed E-state index contributed by atoms with van der Waals surface area (Å²) in [5.74, 6) is 0.0500. The number of carbonyl (C=O) groups is 3. The second kappa shape index (κ2) is 10.4. The van der Waals surface area contributed by atoms with Crippen LogP contribution in [-0.4, -0.2) is 64.4 Å². The lowest BCUT2D eigenvalue weighted by Crippen LogP contribution is -2.36. The predicted molar refractivity (Wildman–Crippen MR) is 123 cm³/mol. The van der Waals surface area contributed by atoms with Crippen LogP contribution in [-0.2, 0) is 9.59 Å². The van der Waals surface area contributed by atoms with Gasteiger partial charge in [0.15, 0.2) is 0 Å². The highest BCUT2D eigenvalue weighted by atomic mass is 16.3.